The van der Waals surface area contributed by atoms with Crippen LogP contribution in [-0.2, 0) is 11.3 Å². The van der Waals surface area contributed by atoms with Crippen LogP contribution < -0.4 is 15.5 Å². The molecule has 0 atom stereocenters. The van der Waals surface area contributed by atoms with E-state index < -0.39 is 6.03 Å². The average Bonchev–Trinajstić information content (AvgIpc) is 3.22. The zero-order chi connectivity index (χ0) is 20.2. The Balaban J connectivity index is 1.47. The minimum atomic E-state index is -0.533. The zero-order valence-electron chi connectivity index (χ0n) is 15.2. The van der Waals surface area contributed by atoms with Crippen molar-refractivity contribution in [3.8, 4) is 10.7 Å². The summed E-state index contributed by atoms with van der Waals surface area (Å²) in [5, 5.41) is 7.66. The molecule has 4 amide bonds. The molecule has 2 N–H and O–H groups in total. The van der Waals surface area contributed by atoms with Crippen molar-refractivity contribution in [2.45, 2.75) is 13.0 Å². The fraction of sp³-hybridized carbons (Fsp3) is 0.158. The second-order valence-electron chi connectivity index (χ2n) is 6.19. The van der Waals surface area contributed by atoms with E-state index >= 15 is 0 Å². The molecule has 4 rings (SSSR count). The van der Waals surface area contributed by atoms with Crippen LogP contribution in [0.25, 0.3) is 10.7 Å². The smallest absolute Gasteiger partial charge is 0.328 e. The highest BCUT2D eigenvalue weighted by Gasteiger charge is 2.27. The van der Waals surface area contributed by atoms with Gasteiger partial charge in [0.05, 0.1) is 29.7 Å². The molecule has 0 bridgehead atoms. The molecule has 1 aliphatic heterocycles. The Labute approximate surface area is 169 Å². The normalized spacial score (nSPS) is 13.9. The van der Waals surface area contributed by atoms with Crippen molar-refractivity contribution < 1.29 is 14.4 Å². The minimum absolute atomic E-state index is 0.186. The van der Waals surface area contributed by atoms with Crippen molar-refractivity contribution in [1.29, 1.82) is 0 Å². The molecular weight excluding hydrogens is 392 g/mol. The molecule has 10 heteroatoms. The fourth-order valence-corrected chi connectivity index (χ4v) is 3.66. The molecule has 3 heterocycles. The number of nitrogens with zero attached hydrogens (tertiary/aromatic N) is 4. The number of para-hydroxylation sites is 1. The van der Waals surface area contributed by atoms with Crippen molar-refractivity contribution in [1.82, 2.24) is 25.6 Å². The summed E-state index contributed by atoms with van der Waals surface area (Å²) in [4.78, 5) is 50.4. The van der Waals surface area contributed by atoms with Crippen LogP contribution in [0.4, 0.5) is 10.5 Å². The van der Waals surface area contributed by atoms with E-state index in [1.807, 2.05) is 5.38 Å². The Kier molecular flexibility index (Phi) is 5.25. The van der Waals surface area contributed by atoms with Crippen molar-refractivity contribution in [2.24, 2.45) is 0 Å². The van der Waals surface area contributed by atoms with Crippen LogP contribution in [0, 0.1) is 0 Å². The monoisotopic (exact) mass is 408 g/mol. The van der Waals surface area contributed by atoms with Crippen LogP contribution >= 0.6 is 11.3 Å². The van der Waals surface area contributed by atoms with E-state index in [4.69, 9.17) is 0 Å². The molecule has 29 heavy (non-hydrogen) atoms. The lowest BCUT2D eigenvalue weighted by Gasteiger charge is -2.28. The molecule has 0 aliphatic carbocycles. The number of urea groups is 1. The lowest BCUT2D eigenvalue weighted by molar-refractivity contribution is -0.120. The third-order valence-electron chi connectivity index (χ3n) is 4.26. The largest absolute Gasteiger partial charge is 0.346 e. The molecule has 146 valence electrons. The number of hydrogen-bond acceptors (Lipinski definition) is 7. The molecule has 1 saturated heterocycles. The molecule has 0 unspecified atom stereocenters. The maximum Gasteiger partial charge on any atom is 0.328 e. The number of nitrogens with one attached hydrogen (secondary N) is 2. The van der Waals surface area contributed by atoms with Crippen LogP contribution in [0.5, 0.6) is 0 Å². The molecular formula is C19H16N6O3S. The maximum absolute atomic E-state index is 12.7. The van der Waals surface area contributed by atoms with E-state index in [0.29, 0.717) is 22.6 Å². The van der Waals surface area contributed by atoms with Gasteiger partial charge in [-0.3, -0.25) is 29.8 Å². The SMILES string of the molecule is O=C1CCN(c2ccccc2C(=O)NCc2csc(-c3cnccn3)n2)C(=O)N1. The summed E-state index contributed by atoms with van der Waals surface area (Å²) < 4.78 is 0. The number of rotatable bonds is 5. The van der Waals surface area contributed by atoms with E-state index in [2.05, 4.69) is 25.6 Å². The number of benzene rings is 1. The van der Waals surface area contributed by atoms with Gasteiger partial charge in [0.25, 0.3) is 5.91 Å². The molecule has 9 nitrogen and oxygen atoms in total. The highest BCUT2D eigenvalue weighted by Crippen LogP contribution is 2.23. The van der Waals surface area contributed by atoms with Crippen molar-refractivity contribution in [2.75, 3.05) is 11.4 Å². The van der Waals surface area contributed by atoms with Crippen LogP contribution in [0.3, 0.4) is 0 Å². The number of thiazole rings is 1. The number of carbonyl (C=O) groups excluding carboxylic acids is 3. The number of hydrogen-bond donors (Lipinski definition) is 2. The van der Waals surface area contributed by atoms with Crippen molar-refractivity contribution in [3.05, 3.63) is 59.5 Å². The topological polar surface area (TPSA) is 117 Å². The Hall–Kier alpha value is -3.66. The number of amides is 4. The van der Waals surface area contributed by atoms with Crippen LogP contribution in [-0.4, -0.2) is 39.3 Å². The lowest BCUT2D eigenvalue weighted by Crippen LogP contribution is -2.50. The van der Waals surface area contributed by atoms with Gasteiger partial charge in [0.15, 0.2) is 0 Å². The predicted octanol–water partition coefficient (Wildman–Crippen LogP) is 1.98. The number of carbonyl (C=O) groups is 3. The maximum atomic E-state index is 12.7. The van der Waals surface area contributed by atoms with E-state index in [9.17, 15) is 14.4 Å². The van der Waals surface area contributed by atoms with E-state index in [0.717, 1.165) is 5.01 Å². The van der Waals surface area contributed by atoms with Crippen LogP contribution in [0.15, 0.2) is 48.2 Å². The molecule has 2 aromatic heterocycles. The zero-order valence-corrected chi connectivity index (χ0v) is 16.0. The molecule has 0 spiro atoms. The highest BCUT2D eigenvalue weighted by molar-refractivity contribution is 7.13. The van der Waals surface area contributed by atoms with Gasteiger partial charge in [0.1, 0.15) is 10.7 Å². The van der Waals surface area contributed by atoms with E-state index in [1.165, 1.54) is 16.2 Å². The van der Waals surface area contributed by atoms with Gasteiger partial charge in [0.2, 0.25) is 5.91 Å². The second kappa shape index (κ2) is 8.15. The second-order valence-corrected chi connectivity index (χ2v) is 7.05. The van der Waals surface area contributed by atoms with Gasteiger partial charge in [-0.15, -0.1) is 11.3 Å². The first-order chi connectivity index (χ1) is 14.1. The predicted molar refractivity (Wildman–Crippen MR) is 106 cm³/mol. The number of aromatic nitrogens is 3. The summed E-state index contributed by atoms with van der Waals surface area (Å²) in [6.07, 6.45) is 5.01. The van der Waals surface area contributed by atoms with Gasteiger partial charge in [-0.2, -0.15) is 0 Å². The summed E-state index contributed by atoms with van der Waals surface area (Å²) in [6.45, 7) is 0.455. The molecule has 0 radical (unpaired) electrons. The van der Waals surface area contributed by atoms with Gasteiger partial charge in [-0.25, -0.2) is 9.78 Å². The number of anilines is 1. The minimum Gasteiger partial charge on any atom is -0.346 e. The molecule has 0 saturated carbocycles. The van der Waals surface area contributed by atoms with Gasteiger partial charge >= 0.3 is 6.03 Å². The summed E-state index contributed by atoms with van der Waals surface area (Å²) in [6, 6.07) is 6.25. The Morgan fingerprint density at radius 3 is 2.90 bits per heavy atom. The van der Waals surface area contributed by atoms with Gasteiger partial charge in [-0.05, 0) is 12.1 Å². The third-order valence-corrected chi connectivity index (χ3v) is 5.17. The summed E-state index contributed by atoms with van der Waals surface area (Å²) in [7, 11) is 0. The lowest BCUT2D eigenvalue weighted by atomic mass is 10.1. The molecule has 3 aromatic rings. The number of imide groups is 1. The van der Waals surface area contributed by atoms with Gasteiger partial charge < -0.3 is 5.32 Å². The van der Waals surface area contributed by atoms with E-state index in [1.54, 1.807) is 42.9 Å². The standard InChI is InChI=1S/C19H16N6O3S/c26-16-5-8-25(19(28)24-16)15-4-2-1-3-13(15)17(27)22-9-12-11-29-18(23-12)14-10-20-6-7-21-14/h1-4,6-7,10-11H,5,8-9H2,(H,22,27)(H,24,26,28). The summed E-state index contributed by atoms with van der Waals surface area (Å²) in [5.41, 5.74) is 2.17. The van der Waals surface area contributed by atoms with Crippen LogP contribution in [0.1, 0.15) is 22.5 Å². The average molecular weight is 408 g/mol. The first-order valence-electron chi connectivity index (χ1n) is 8.81. The first-order valence-corrected chi connectivity index (χ1v) is 9.69. The highest BCUT2D eigenvalue weighted by atomic mass is 32.1. The molecule has 1 aromatic carbocycles. The Morgan fingerprint density at radius 1 is 1.24 bits per heavy atom. The van der Waals surface area contributed by atoms with Crippen LogP contribution in [0.2, 0.25) is 0 Å². The summed E-state index contributed by atoms with van der Waals surface area (Å²) in [5.74, 6) is -0.657. The van der Waals surface area contributed by atoms with Gasteiger partial charge in [-0.1, -0.05) is 12.1 Å². The fourth-order valence-electron chi connectivity index (χ4n) is 2.88. The third kappa shape index (κ3) is 4.11. The van der Waals surface area contributed by atoms with E-state index in [-0.39, 0.29) is 31.3 Å². The van der Waals surface area contributed by atoms with Gasteiger partial charge in [0, 0.05) is 30.7 Å². The van der Waals surface area contributed by atoms with Crippen molar-refractivity contribution >= 4 is 34.9 Å². The molecule has 1 aliphatic rings. The molecule has 1 fully saturated rings. The quantitative estimate of drug-likeness (QED) is 0.667. The Bertz CT molecular complexity index is 1070. The Morgan fingerprint density at radius 2 is 2.10 bits per heavy atom. The first kappa shape index (κ1) is 18.7. The summed E-state index contributed by atoms with van der Waals surface area (Å²) >= 11 is 1.42. The van der Waals surface area contributed by atoms with Crippen molar-refractivity contribution in [3.63, 3.8) is 0 Å².